The number of nitrogens with zero attached hydrogens (tertiary/aromatic N) is 2. The van der Waals surface area contributed by atoms with Crippen LogP contribution in [0.2, 0.25) is 0 Å². The van der Waals surface area contributed by atoms with Crippen LogP contribution in [0.5, 0.6) is 0 Å². The van der Waals surface area contributed by atoms with Gasteiger partial charge >= 0.3 is 12.1 Å². The average Bonchev–Trinajstić information content (AvgIpc) is 3.18. The molecule has 0 spiro atoms. The normalized spacial score (nSPS) is 12.0. The van der Waals surface area contributed by atoms with Gasteiger partial charge in [-0.15, -0.1) is 0 Å². The second kappa shape index (κ2) is 5.21. The highest BCUT2D eigenvalue weighted by atomic mass is 19.4. The number of carboxylic acid groups (broad SMARTS) is 1. The average molecular weight is 359 g/mol. The van der Waals surface area contributed by atoms with Crippen LogP contribution in [0.15, 0.2) is 36.5 Å². The van der Waals surface area contributed by atoms with Crippen LogP contribution in [-0.4, -0.2) is 31.8 Å². The van der Waals surface area contributed by atoms with E-state index in [0.717, 1.165) is 0 Å². The molecule has 0 radical (unpaired) electrons. The monoisotopic (exact) mass is 359 g/mol. The van der Waals surface area contributed by atoms with Gasteiger partial charge in [-0.25, -0.2) is 14.3 Å². The molecule has 26 heavy (non-hydrogen) atoms. The number of carbonyl (C=O) groups excluding carboxylic acids is 1. The number of hydrogen-bond acceptors (Lipinski definition) is 3. The number of H-pyrrole nitrogens is 1. The van der Waals surface area contributed by atoms with Crippen molar-refractivity contribution in [1.29, 1.82) is 0 Å². The van der Waals surface area contributed by atoms with Crippen molar-refractivity contribution in [3.8, 4) is 5.69 Å². The van der Waals surface area contributed by atoms with Crippen LogP contribution < -0.4 is 5.35 Å². The molecule has 0 saturated carbocycles. The van der Waals surface area contributed by atoms with Crippen molar-refractivity contribution in [3.05, 3.63) is 53.1 Å². The van der Waals surface area contributed by atoms with E-state index in [1.54, 1.807) is 24.1 Å². The highest BCUT2D eigenvalue weighted by Gasteiger charge is 2.41. The zero-order valence-corrected chi connectivity index (χ0v) is 12.8. The summed E-state index contributed by atoms with van der Waals surface area (Å²) in [5.74, 6) is 0.0401. The summed E-state index contributed by atoms with van der Waals surface area (Å²) in [6.07, 6.45) is -4.25. The predicted molar refractivity (Wildman–Crippen MR) is 84.9 cm³/mol. The molecule has 2 N–H and O–H groups in total. The van der Waals surface area contributed by atoms with E-state index in [2.05, 4.69) is 10.1 Å². The Bertz CT molecular complexity index is 1260. The quantitative estimate of drug-likeness (QED) is 0.575. The van der Waals surface area contributed by atoms with Crippen LogP contribution in [0, 0.1) is 0 Å². The van der Waals surface area contributed by atoms with E-state index < -0.39 is 23.4 Å². The first kappa shape index (κ1) is 15.9. The lowest BCUT2D eigenvalue weighted by molar-refractivity contribution is -0.143. The van der Waals surface area contributed by atoms with Crippen molar-refractivity contribution in [2.24, 2.45) is 0 Å². The van der Waals surface area contributed by atoms with Crippen LogP contribution in [0.1, 0.15) is 16.1 Å². The Kier molecular flexibility index (Phi) is 3.19. The molecular weight excluding hydrogens is 351 g/mol. The molecule has 2 aromatic heterocycles. The van der Waals surface area contributed by atoms with Crippen molar-refractivity contribution < 1.29 is 27.9 Å². The summed E-state index contributed by atoms with van der Waals surface area (Å²) in [6.45, 7) is 0. The van der Waals surface area contributed by atoms with Crippen molar-refractivity contribution in [3.63, 3.8) is 0 Å². The molecule has 0 bridgehead atoms. The van der Waals surface area contributed by atoms with Crippen LogP contribution >= 0.6 is 0 Å². The van der Waals surface area contributed by atoms with E-state index in [-0.39, 0.29) is 11.0 Å². The first-order chi connectivity index (χ1) is 12.3. The van der Waals surface area contributed by atoms with Crippen molar-refractivity contribution in [2.75, 3.05) is 0 Å². The first-order valence-electron chi connectivity index (χ1n) is 7.30. The minimum atomic E-state index is -4.92. The molecule has 0 fully saturated rings. The summed E-state index contributed by atoms with van der Waals surface area (Å²) in [7, 11) is 0. The Hall–Kier alpha value is -3.58. The largest absolute Gasteiger partial charge is 0.478 e. The zero-order chi connectivity index (χ0) is 18.6. The van der Waals surface area contributed by atoms with Gasteiger partial charge in [0.05, 0.1) is 11.9 Å². The van der Waals surface area contributed by atoms with Crippen LogP contribution in [-0.2, 0) is 11.0 Å². The fourth-order valence-electron chi connectivity index (χ4n) is 3.13. The standard InChI is InChI=1S/C17H8F3N3O3/c18-17(19,20)15-10(16(25)26)6-21-23(15)13-5-4-11-14-8(12(7-24)22-11)2-1-3-9(13)14/h1-6,22H,(H,25,26). The third kappa shape index (κ3) is 2.11. The minimum Gasteiger partial charge on any atom is -0.478 e. The second-order valence-corrected chi connectivity index (χ2v) is 5.58. The lowest BCUT2D eigenvalue weighted by atomic mass is 10.1. The predicted octanol–water partition coefficient (Wildman–Crippen LogP) is 2.45. The fraction of sp³-hybridized carbons (Fsp3) is 0.0588. The summed E-state index contributed by atoms with van der Waals surface area (Å²) < 4.78 is 41.0. The third-order valence-electron chi connectivity index (χ3n) is 4.15. The maximum atomic E-state index is 13.5. The van der Waals surface area contributed by atoms with Crippen LogP contribution in [0.25, 0.3) is 27.4 Å². The van der Waals surface area contributed by atoms with Gasteiger partial charge in [0.2, 0.25) is 0 Å². The molecular formula is C17H8F3N3O3. The van der Waals surface area contributed by atoms with Crippen molar-refractivity contribution in [2.45, 2.75) is 6.18 Å². The molecule has 4 rings (SSSR count). The van der Waals surface area contributed by atoms with Crippen LogP contribution in [0.4, 0.5) is 13.2 Å². The Balaban J connectivity index is 2.13. The van der Waals surface area contributed by atoms with Gasteiger partial charge in [0.15, 0.2) is 11.6 Å². The number of aromatic amines is 1. The number of rotatable bonds is 2. The topological polar surface area (TPSA) is 88.0 Å². The summed E-state index contributed by atoms with van der Waals surface area (Å²) in [4.78, 5) is 25.1. The molecule has 9 heteroatoms. The highest BCUT2D eigenvalue weighted by Crippen LogP contribution is 2.36. The van der Waals surface area contributed by atoms with E-state index in [1.165, 1.54) is 12.1 Å². The lowest BCUT2D eigenvalue weighted by Gasteiger charge is -2.13. The summed E-state index contributed by atoms with van der Waals surface area (Å²) in [5.41, 5.74) is -1.70. The number of nitrogens with one attached hydrogen (secondary N) is 1. The molecule has 2 aromatic carbocycles. The highest BCUT2D eigenvalue weighted by molar-refractivity contribution is 6.13. The number of carboxylic acids is 1. The van der Waals surface area contributed by atoms with E-state index in [9.17, 15) is 22.8 Å². The summed E-state index contributed by atoms with van der Waals surface area (Å²) in [6, 6.07) is 7.70. The maximum absolute atomic E-state index is 13.5. The number of benzene rings is 2. The second-order valence-electron chi connectivity index (χ2n) is 5.58. The van der Waals surface area contributed by atoms with Gasteiger partial charge < -0.3 is 10.1 Å². The Morgan fingerprint density at radius 3 is 2.58 bits per heavy atom. The SMILES string of the molecule is O=C=c1[nH]c2ccc(-n3ncc(C(=O)O)c3C(F)(F)F)c3cccc1c23. The number of carbonyl (C=O) groups is 1. The summed E-state index contributed by atoms with van der Waals surface area (Å²) in [5, 5.41) is 14.3. The number of aromatic carboxylic acids is 1. The summed E-state index contributed by atoms with van der Waals surface area (Å²) >= 11 is 0. The number of halogens is 3. The van der Waals surface area contributed by atoms with Gasteiger partial charge in [0, 0.05) is 21.7 Å². The maximum Gasteiger partial charge on any atom is 0.434 e. The van der Waals surface area contributed by atoms with Gasteiger partial charge in [-0.2, -0.15) is 18.3 Å². The van der Waals surface area contributed by atoms with Gasteiger partial charge in [-0.1, -0.05) is 18.2 Å². The molecule has 0 saturated heterocycles. The van der Waals surface area contributed by atoms with Crippen molar-refractivity contribution in [1.82, 2.24) is 14.8 Å². The molecule has 6 nitrogen and oxygen atoms in total. The molecule has 0 unspecified atom stereocenters. The molecule has 0 aliphatic carbocycles. The van der Waals surface area contributed by atoms with Gasteiger partial charge in [-0.05, 0) is 12.1 Å². The minimum absolute atomic E-state index is 0.0550. The number of aromatic nitrogens is 3. The Labute approximate surface area is 142 Å². The smallest absolute Gasteiger partial charge is 0.434 e. The Morgan fingerprint density at radius 1 is 1.19 bits per heavy atom. The molecule has 0 aliphatic heterocycles. The fourth-order valence-corrected chi connectivity index (χ4v) is 3.13. The third-order valence-corrected chi connectivity index (χ3v) is 4.15. The number of alkyl halides is 3. The zero-order valence-electron chi connectivity index (χ0n) is 12.8. The molecule has 0 atom stereocenters. The molecule has 130 valence electrons. The van der Waals surface area contributed by atoms with Gasteiger partial charge in [0.1, 0.15) is 10.9 Å². The molecule has 4 aromatic rings. The van der Waals surface area contributed by atoms with Crippen LogP contribution in [0.3, 0.4) is 0 Å². The van der Waals surface area contributed by atoms with E-state index >= 15 is 0 Å². The van der Waals surface area contributed by atoms with Crippen molar-refractivity contribution >= 4 is 33.6 Å². The van der Waals surface area contributed by atoms with E-state index in [1.807, 2.05) is 0 Å². The molecule has 0 amide bonds. The van der Waals surface area contributed by atoms with E-state index in [0.29, 0.717) is 32.6 Å². The Morgan fingerprint density at radius 2 is 1.92 bits per heavy atom. The lowest BCUT2D eigenvalue weighted by Crippen LogP contribution is -2.17. The van der Waals surface area contributed by atoms with E-state index in [4.69, 9.17) is 5.11 Å². The molecule has 2 heterocycles. The first-order valence-corrected chi connectivity index (χ1v) is 7.30. The van der Waals surface area contributed by atoms with Gasteiger partial charge in [-0.3, -0.25) is 0 Å². The number of hydrogen-bond donors (Lipinski definition) is 2. The van der Waals surface area contributed by atoms with Gasteiger partial charge in [0.25, 0.3) is 0 Å². The molecule has 0 aliphatic rings.